The lowest BCUT2D eigenvalue weighted by molar-refractivity contribution is 0.582. The Labute approximate surface area is 297 Å². The Morgan fingerprint density at radius 2 is 1.02 bits per heavy atom. The maximum Gasteiger partial charge on any atom is 0.00639 e. The molecular weight excluding hydrogens is 589 g/mol. The minimum Gasteiger partial charge on any atom is -0.0651 e. The van der Waals surface area contributed by atoms with E-state index in [1.165, 1.54) is 91.6 Å². The molecule has 3 aliphatic carbocycles. The third kappa shape index (κ3) is 5.88. The molecule has 0 nitrogen and oxygen atoms in total. The highest BCUT2D eigenvalue weighted by atomic mass is 14.4. The highest BCUT2D eigenvalue weighted by Crippen LogP contribution is 2.53. The standard InChI is InChI=1S/C49H58/c1-29-24-42-41(28-44(49(10,11)12)31(3)45(42)32-16-20-35(21-17-32)47(4,5)6)39(29)27-38-30(2)25-43-40(38)26-34-14-13-15-37(34)46(43)33-18-22-36(23-19-33)48(7,8)9/h16-26,28,38-39H,13-15,27H2,1-12H3. The summed E-state index contributed by atoms with van der Waals surface area (Å²) in [6, 6.07) is 24.2. The van der Waals surface area contributed by atoms with Gasteiger partial charge in [-0.25, -0.2) is 0 Å². The summed E-state index contributed by atoms with van der Waals surface area (Å²) < 4.78 is 0. The van der Waals surface area contributed by atoms with Crippen LogP contribution in [0.1, 0.15) is 156 Å². The van der Waals surface area contributed by atoms with Crippen LogP contribution in [0.2, 0.25) is 0 Å². The Kier molecular flexibility index (Phi) is 8.09. The molecule has 0 spiro atoms. The predicted molar refractivity (Wildman–Crippen MR) is 214 cm³/mol. The van der Waals surface area contributed by atoms with Crippen molar-refractivity contribution in [1.82, 2.24) is 0 Å². The van der Waals surface area contributed by atoms with E-state index in [1.54, 1.807) is 16.7 Å². The van der Waals surface area contributed by atoms with E-state index >= 15 is 0 Å². The normalized spacial score (nSPS) is 18.7. The molecule has 254 valence electrons. The van der Waals surface area contributed by atoms with E-state index in [1.807, 2.05) is 0 Å². The van der Waals surface area contributed by atoms with Gasteiger partial charge in [0, 0.05) is 11.8 Å². The number of benzene rings is 4. The second-order valence-corrected chi connectivity index (χ2v) is 18.7. The molecule has 3 aliphatic rings. The van der Waals surface area contributed by atoms with Crippen LogP contribution in [0.25, 0.3) is 34.4 Å². The van der Waals surface area contributed by atoms with Gasteiger partial charge in [-0.1, -0.05) is 146 Å². The Morgan fingerprint density at radius 3 is 1.51 bits per heavy atom. The lowest BCUT2D eigenvalue weighted by Crippen LogP contribution is -2.16. The predicted octanol–water partition coefficient (Wildman–Crippen LogP) is 13.8. The van der Waals surface area contributed by atoms with Crippen LogP contribution in [0.5, 0.6) is 0 Å². The SMILES string of the molecule is CC1=Cc2c(cc(C(C)(C)C)c(C)c2-c2ccc(C(C)(C)C)cc2)C1CC1C(C)=Cc2c1cc1c(c2-c2ccc(C(C)(C)C)cc2)CCC1. The van der Waals surface area contributed by atoms with Crippen LogP contribution in [0, 0.1) is 6.92 Å². The van der Waals surface area contributed by atoms with Crippen molar-refractivity contribution in [3.8, 4) is 22.3 Å². The summed E-state index contributed by atoms with van der Waals surface area (Å²) in [5.41, 5.74) is 24.0. The average Bonchev–Trinajstić information content (AvgIpc) is 3.69. The summed E-state index contributed by atoms with van der Waals surface area (Å²) in [5.74, 6) is 0.841. The third-order valence-electron chi connectivity index (χ3n) is 12.1. The molecule has 0 saturated carbocycles. The number of rotatable bonds is 4. The molecule has 0 radical (unpaired) electrons. The van der Waals surface area contributed by atoms with Gasteiger partial charge < -0.3 is 0 Å². The maximum absolute atomic E-state index is 2.62. The van der Waals surface area contributed by atoms with E-state index < -0.39 is 0 Å². The first kappa shape index (κ1) is 33.8. The number of aryl methyl sites for hydroxylation is 1. The van der Waals surface area contributed by atoms with Crippen LogP contribution in [0.4, 0.5) is 0 Å². The fourth-order valence-electron chi connectivity index (χ4n) is 9.26. The van der Waals surface area contributed by atoms with Gasteiger partial charge in [-0.15, -0.1) is 0 Å². The largest absolute Gasteiger partial charge is 0.0651 e. The molecule has 2 atom stereocenters. The van der Waals surface area contributed by atoms with E-state index in [4.69, 9.17) is 0 Å². The van der Waals surface area contributed by atoms with Gasteiger partial charge in [0.1, 0.15) is 0 Å². The van der Waals surface area contributed by atoms with E-state index in [0.717, 1.165) is 6.42 Å². The minimum absolute atomic E-state index is 0.0635. The fraction of sp³-hybridized carbons (Fsp3) is 0.429. The van der Waals surface area contributed by atoms with Crippen LogP contribution >= 0.6 is 0 Å². The summed E-state index contributed by atoms with van der Waals surface area (Å²) in [6.07, 6.45) is 9.89. The number of fused-ring (bicyclic) bond motifs is 3. The number of allylic oxidation sites excluding steroid dienone is 2. The topological polar surface area (TPSA) is 0 Å². The zero-order valence-corrected chi connectivity index (χ0v) is 32.4. The van der Waals surface area contributed by atoms with Crippen LogP contribution in [0.15, 0.2) is 71.8 Å². The Morgan fingerprint density at radius 1 is 0.551 bits per heavy atom. The summed E-state index contributed by atoms with van der Waals surface area (Å²) in [5, 5.41) is 0. The molecule has 0 heterocycles. The number of hydrogen-bond acceptors (Lipinski definition) is 0. The molecule has 0 saturated heterocycles. The fourth-order valence-corrected chi connectivity index (χ4v) is 9.26. The molecule has 0 N–H and O–H groups in total. The van der Waals surface area contributed by atoms with Crippen molar-refractivity contribution in [2.75, 3.05) is 0 Å². The van der Waals surface area contributed by atoms with Gasteiger partial charge in [0.05, 0.1) is 0 Å². The molecule has 4 aromatic rings. The Hall–Kier alpha value is -3.64. The lowest BCUT2D eigenvalue weighted by atomic mass is 9.75. The molecule has 0 aromatic heterocycles. The van der Waals surface area contributed by atoms with E-state index in [0.29, 0.717) is 11.8 Å². The summed E-state index contributed by atoms with van der Waals surface area (Å²) in [7, 11) is 0. The van der Waals surface area contributed by atoms with Crippen molar-refractivity contribution < 1.29 is 0 Å². The summed E-state index contributed by atoms with van der Waals surface area (Å²) in [4.78, 5) is 0. The smallest absolute Gasteiger partial charge is 0.00639 e. The zero-order chi connectivity index (χ0) is 35.2. The Balaban J connectivity index is 1.32. The lowest BCUT2D eigenvalue weighted by Gasteiger charge is -2.29. The molecule has 49 heavy (non-hydrogen) atoms. The van der Waals surface area contributed by atoms with Crippen molar-refractivity contribution in [3.63, 3.8) is 0 Å². The van der Waals surface area contributed by atoms with Crippen LogP contribution in [-0.4, -0.2) is 0 Å². The molecule has 0 heteroatoms. The van der Waals surface area contributed by atoms with Gasteiger partial charge in [-0.2, -0.15) is 0 Å². The van der Waals surface area contributed by atoms with Gasteiger partial charge in [0.15, 0.2) is 0 Å². The van der Waals surface area contributed by atoms with Crippen molar-refractivity contribution in [2.24, 2.45) is 0 Å². The molecule has 2 unspecified atom stereocenters. The highest BCUT2D eigenvalue weighted by Gasteiger charge is 2.36. The first-order valence-corrected chi connectivity index (χ1v) is 18.9. The van der Waals surface area contributed by atoms with Gasteiger partial charge in [0.2, 0.25) is 0 Å². The second-order valence-electron chi connectivity index (χ2n) is 18.7. The Bertz CT molecular complexity index is 2000. The second kappa shape index (κ2) is 11.7. The third-order valence-corrected chi connectivity index (χ3v) is 12.1. The molecular formula is C49H58. The molecule has 0 aliphatic heterocycles. The minimum atomic E-state index is 0.0635. The van der Waals surface area contributed by atoms with Gasteiger partial charge in [-0.05, 0) is 141 Å². The van der Waals surface area contributed by atoms with Crippen molar-refractivity contribution in [1.29, 1.82) is 0 Å². The average molecular weight is 647 g/mol. The summed E-state index contributed by atoms with van der Waals surface area (Å²) >= 11 is 0. The quantitative estimate of drug-likeness (QED) is 0.207. The van der Waals surface area contributed by atoms with Crippen molar-refractivity contribution in [2.45, 2.75) is 137 Å². The van der Waals surface area contributed by atoms with E-state index in [-0.39, 0.29) is 16.2 Å². The maximum atomic E-state index is 2.62. The summed E-state index contributed by atoms with van der Waals surface area (Å²) in [6.45, 7) is 28.2. The van der Waals surface area contributed by atoms with E-state index in [2.05, 4.69) is 156 Å². The van der Waals surface area contributed by atoms with Crippen molar-refractivity contribution >= 4 is 12.2 Å². The highest BCUT2D eigenvalue weighted by molar-refractivity contribution is 5.87. The van der Waals surface area contributed by atoms with Crippen LogP contribution in [0.3, 0.4) is 0 Å². The molecule has 4 aromatic carbocycles. The van der Waals surface area contributed by atoms with Gasteiger partial charge in [0.25, 0.3) is 0 Å². The van der Waals surface area contributed by atoms with Gasteiger partial charge >= 0.3 is 0 Å². The monoisotopic (exact) mass is 646 g/mol. The zero-order valence-electron chi connectivity index (χ0n) is 32.4. The van der Waals surface area contributed by atoms with Crippen molar-refractivity contribution in [3.05, 3.63) is 127 Å². The van der Waals surface area contributed by atoms with E-state index in [9.17, 15) is 0 Å². The first-order valence-electron chi connectivity index (χ1n) is 18.9. The molecule has 7 rings (SSSR count). The first-order chi connectivity index (χ1) is 22.9. The molecule has 0 fully saturated rings. The molecule has 0 amide bonds. The number of hydrogen-bond donors (Lipinski definition) is 0. The van der Waals surface area contributed by atoms with Gasteiger partial charge in [-0.3, -0.25) is 0 Å². The van der Waals surface area contributed by atoms with Crippen LogP contribution in [-0.2, 0) is 29.1 Å². The molecule has 0 bridgehead atoms. The van der Waals surface area contributed by atoms with Crippen LogP contribution < -0.4 is 0 Å².